The van der Waals surface area contributed by atoms with Gasteiger partial charge in [-0.2, -0.15) is 0 Å². The van der Waals surface area contributed by atoms with Crippen LogP contribution in [0.4, 0.5) is 20.6 Å². The van der Waals surface area contributed by atoms with Crippen LogP contribution in [0, 0.1) is 5.82 Å². The van der Waals surface area contributed by atoms with Crippen molar-refractivity contribution in [2.75, 3.05) is 23.7 Å². The van der Waals surface area contributed by atoms with Gasteiger partial charge in [0.25, 0.3) is 0 Å². The molecule has 3 amide bonds. The molecule has 25 heavy (non-hydrogen) atoms. The molecular weight excluding hydrogens is 321 g/mol. The number of hydrogen-bond acceptors (Lipinski definition) is 2. The van der Waals surface area contributed by atoms with E-state index < -0.39 is 5.82 Å². The van der Waals surface area contributed by atoms with E-state index in [0.717, 1.165) is 31.5 Å². The molecule has 1 fully saturated rings. The molecular formula is C19H20FN3O2. The van der Waals surface area contributed by atoms with Gasteiger partial charge in [-0.15, -0.1) is 0 Å². The average Bonchev–Trinajstić information content (AvgIpc) is 3.13. The molecule has 3 rings (SSSR count). The number of likely N-dealkylation sites (tertiary alicyclic amines) is 1. The van der Waals surface area contributed by atoms with Crippen LogP contribution in [0.25, 0.3) is 0 Å². The second-order valence-corrected chi connectivity index (χ2v) is 6.03. The predicted octanol–water partition coefficient (Wildman–Crippen LogP) is 3.63. The number of amides is 3. The summed E-state index contributed by atoms with van der Waals surface area (Å²) in [5.41, 5.74) is 1.64. The van der Waals surface area contributed by atoms with E-state index in [1.807, 2.05) is 0 Å². The maximum Gasteiger partial charge on any atom is 0.321 e. The summed E-state index contributed by atoms with van der Waals surface area (Å²) in [7, 11) is 0. The van der Waals surface area contributed by atoms with Crippen molar-refractivity contribution in [1.29, 1.82) is 0 Å². The first-order valence-electron chi connectivity index (χ1n) is 8.31. The highest BCUT2D eigenvalue weighted by atomic mass is 19.1. The summed E-state index contributed by atoms with van der Waals surface area (Å²) >= 11 is 0. The van der Waals surface area contributed by atoms with Crippen LogP contribution in [-0.4, -0.2) is 29.9 Å². The van der Waals surface area contributed by atoms with Crippen LogP contribution in [0.15, 0.2) is 48.5 Å². The molecule has 0 aromatic heterocycles. The Balaban J connectivity index is 1.54. The lowest BCUT2D eigenvalue weighted by Gasteiger charge is -2.16. The first kappa shape index (κ1) is 17.0. The van der Waals surface area contributed by atoms with Crippen molar-refractivity contribution in [2.45, 2.75) is 19.3 Å². The molecule has 1 aliphatic rings. The third-order valence-corrected chi connectivity index (χ3v) is 4.11. The van der Waals surface area contributed by atoms with Gasteiger partial charge >= 0.3 is 6.03 Å². The zero-order valence-corrected chi connectivity index (χ0v) is 13.8. The van der Waals surface area contributed by atoms with E-state index >= 15 is 0 Å². The lowest BCUT2D eigenvalue weighted by atomic mass is 10.1. The Kier molecular flexibility index (Phi) is 5.28. The van der Waals surface area contributed by atoms with Crippen LogP contribution in [0.2, 0.25) is 0 Å². The Bertz CT molecular complexity index is 756. The highest BCUT2D eigenvalue weighted by molar-refractivity contribution is 5.92. The molecule has 6 heteroatoms. The summed E-state index contributed by atoms with van der Waals surface area (Å²) in [5.74, 6) is -0.755. The Morgan fingerprint density at radius 3 is 2.32 bits per heavy atom. The minimum atomic E-state index is -0.462. The molecule has 2 aromatic carbocycles. The fourth-order valence-electron chi connectivity index (χ4n) is 2.77. The van der Waals surface area contributed by atoms with Gasteiger partial charge in [0.1, 0.15) is 5.82 Å². The van der Waals surface area contributed by atoms with Gasteiger partial charge in [-0.3, -0.25) is 4.79 Å². The van der Waals surface area contributed by atoms with E-state index in [1.165, 1.54) is 12.1 Å². The SMILES string of the molecule is O=C(Cc1ccc(NC(=O)N2CCCC2)cc1)Nc1ccccc1F. The van der Waals surface area contributed by atoms with Crippen molar-refractivity contribution in [3.05, 3.63) is 59.9 Å². The van der Waals surface area contributed by atoms with Crippen molar-refractivity contribution in [1.82, 2.24) is 4.90 Å². The van der Waals surface area contributed by atoms with Gasteiger partial charge in [0.15, 0.2) is 0 Å². The summed E-state index contributed by atoms with van der Waals surface area (Å²) in [6, 6.07) is 13.0. The molecule has 2 N–H and O–H groups in total. The van der Waals surface area contributed by atoms with Gasteiger partial charge in [-0.1, -0.05) is 24.3 Å². The fourth-order valence-corrected chi connectivity index (χ4v) is 2.77. The molecule has 2 aromatic rings. The number of para-hydroxylation sites is 1. The minimum absolute atomic E-state index is 0.0949. The maximum atomic E-state index is 13.5. The van der Waals surface area contributed by atoms with E-state index in [2.05, 4.69) is 10.6 Å². The van der Waals surface area contributed by atoms with Gasteiger partial charge in [-0.25, -0.2) is 9.18 Å². The topological polar surface area (TPSA) is 61.4 Å². The normalized spacial score (nSPS) is 13.6. The Hall–Kier alpha value is -2.89. The third kappa shape index (κ3) is 4.56. The third-order valence-electron chi connectivity index (χ3n) is 4.11. The van der Waals surface area contributed by atoms with Crippen LogP contribution in [0.1, 0.15) is 18.4 Å². The molecule has 5 nitrogen and oxygen atoms in total. The fraction of sp³-hybridized carbons (Fsp3) is 0.263. The zero-order valence-electron chi connectivity index (χ0n) is 13.8. The zero-order chi connectivity index (χ0) is 17.6. The summed E-state index contributed by atoms with van der Waals surface area (Å²) in [4.78, 5) is 25.8. The van der Waals surface area contributed by atoms with Crippen LogP contribution < -0.4 is 10.6 Å². The van der Waals surface area contributed by atoms with Crippen molar-refractivity contribution in [3.8, 4) is 0 Å². The molecule has 0 radical (unpaired) electrons. The number of rotatable bonds is 4. The standard InChI is InChI=1S/C19H20FN3O2/c20-16-5-1-2-6-17(16)22-18(24)13-14-7-9-15(10-8-14)21-19(25)23-11-3-4-12-23/h1-2,5-10H,3-4,11-13H2,(H,21,25)(H,22,24). The highest BCUT2D eigenvalue weighted by Crippen LogP contribution is 2.15. The van der Waals surface area contributed by atoms with Crippen molar-refractivity contribution in [3.63, 3.8) is 0 Å². The minimum Gasteiger partial charge on any atom is -0.325 e. The molecule has 1 heterocycles. The van der Waals surface area contributed by atoms with Crippen molar-refractivity contribution >= 4 is 23.3 Å². The van der Waals surface area contributed by atoms with E-state index in [1.54, 1.807) is 41.3 Å². The van der Waals surface area contributed by atoms with E-state index in [-0.39, 0.29) is 24.0 Å². The van der Waals surface area contributed by atoms with Gasteiger partial charge in [0.05, 0.1) is 12.1 Å². The summed E-state index contributed by atoms with van der Waals surface area (Å²) < 4.78 is 13.5. The number of carbonyl (C=O) groups is 2. The van der Waals surface area contributed by atoms with Crippen molar-refractivity contribution in [2.24, 2.45) is 0 Å². The Morgan fingerprint density at radius 2 is 1.64 bits per heavy atom. The monoisotopic (exact) mass is 341 g/mol. The quantitative estimate of drug-likeness (QED) is 0.892. The van der Waals surface area contributed by atoms with Crippen LogP contribution in [0.5, 0.6) is 0 Å². The molecule has 0 bridgehead atoms. The molecule has 1 saturated heterocycles. The second-order valence-electron chi connectivity index (χ2n) is 6.03. The van der Waals surface area contributed by atoms with Gasteiger partial charge in [-0.05, 0) is 42.7 Å². The lowest BCUT2D eigenvalue weighted by molar-refractivity contribution is -0.115. The number of nitrogens with one attached hydrogen (secondary N) is 2. The summed E-state index contributed by atoms with van der Waals surface area (Å²) in [6.07, 6.45) is 2.22. The molecule has 0 atom stereocenters. The number of urea groups is 1. The van der Waals surface area contributed by atoms with E-state index in [0.29, 0.717) is 5.69 Å². The Morgan fingerprint density at radius 1 is 0.960 bits per heavy atom. The number of carbonyl (C=O) groups excluding carboxylic acids is 2. The van der Waals surface area contributed by atoms with E-state index in [4.69, 9.17) is 0 Å². The molecule has 1 aliphatic heterocycles. The lowest BCUT2D eigenvalue weighted by Crippen LogP contribution is -2.32. The summed E-state index contributed by atoms with van der Waals surface area (Å²) in [5, 5.41) is 5.40. The number of benzene rings is 2. The molecule has 0 saturated carbocycles. The summed E-state index contributed by atoms with van der Waals surface area (Å²) in [6.45, 7) is 1.58. The van der Waals surface area contributed by atoms with Crippen molar-refractivity contribution < 1.29 is 14.0 Å². The number of anilines is 2. The van der Waals surface area contributed by atoms with E-state index in [9.17, 15) is 14.0 Å². The first-order valence-corrected chi connectivity index (χ1v) is 8.31. The second kappa shape index (κ2) is 7.79. The number of halogens is 1. The Labute approximate surface area is 145 Å². The van der Waals surface area contributed by atoms with Gasteiger partial charge in [0, 0.05) is 18.8 Å². The molecule has 0 unspecified atom stereocenters. The molecule has 0 aliphatic carbocycles. The van der Waals surface area contributed by atoms with Crippen LogP contribution in [0.3, 0.4) is 0 Å². The van der Waals surface area contributed by atoms with Crippen LogP contribution >= 0.6 is 0 Å². The molecule has 0 spiro atoms. The number of hydrogen-bond donors (Lipinski definition) is 2. The maximum absolute atomic E-state index is 13.5. The predicted molar refractivity (Wildman–Crippen MR) is 95.0 cm³/mol. The van der Waals surface area contributed by atoms with Gasteiger partial charge < -0.3 is 15.5 Å². The smallest absolute Gasteiger partial charge is 0.321 e. The first-order chi connectivity index (χ1) is 12.1. The highest BCUT2D eigenvalue weighted by Gasteiger charge is 2.17. The van der Waals surface area contributed by atoms with Crippen LogP contribution in [-0.2, 0) is 11.2 Å². The average molecular weight is 341 g/mol. The largest absolute Gasteiger partial charge is 0.325 e. The molecule has 130 valence electrons. The number of nitrogens with zero attached hydrogens (tertiary/aromatic N) is 1. The van der Waals surface area contributed by atoms with Gasteiger partial charge in [0.2, 0.25) is 5.91 Å².